The zero-order valence-electron chi connectivity index (χ0n) is 17.1. The van der Waals surface area contributed by atoms with Crippen LogP contribution >= 0.6 is 22.6 Å². The number of benzene rings is 1. The number of esters is 1. The molecule has 0 amide bonds. The van der Waals surface area contributed by atoms with Gasteiger partial charge in [0.25, 0.3) is 0 Å². The molecular weight excluding hydrogens is 471 g/mol. The lowest BCUT2D eigenvalue weighted by molar-refractivity contribution is -0.142. The van der Waals surface area contributed by atoms with Gasteiger partial charge in [-0.15, -0.1) is 0 Å². The Bertz CT molecular complexity index is 688. The van der Waals surface area contributed by atoms with Gasteiger partial charge in [-0.2, -0.15) is 0 Å². The molecule has 0 aliphatic carbocycles. The van der Waals surface area contributed by atoms with Gasteiger partial charge in [-0.1, -0.05) is 48.8 Å². The normalized spacial score (nSPS) is 18.4. The minimum absolute atomic E-state index is 0.118. The summed E-state index contributed by atoms with van der Waals surface area (Å²) in [7, 11) is 1.33. The van der Waals surface area contributed by atoms with Crippen molar-refractivity contribution in [2.75, 3.05) is 18.1 Å². The van der Waals surface area contributed by atoms with Crippen molar-refractivity contribution < 1.29 is 23.8 Å². The molecule has 1 aromatic rings. The van der Waals surface area contributed by atoms with E-state index in [1.807, 2.05) is 6.92 Å². The molecular formula is C22H31IO5. The van der Waals surface area contributed by atoms with Crippen molar-refractivity contribution in [2.45, 2.75) is 70.8 Å². The highest BCUT2D eigenvalue weighted by Gasteiger charge is 2.38. The summed E-state index contributed by atoms with van der Waals surface area (Å²) in [5.74, 6) is 0.904. The molecule has 5 nitrogen and oxygen atoms in total. The summed E-state index contributed by atoms with van der Waals surface area (Å²) in [4.78, 5) is 24.3. The fourth-order valence-corrected chi connectivity index (χ4v) is 4.11. The van der Waals surface area contributed by atoms with E-state index in [-0.39, 0.29) is 12.4 Å². The number of Topliss-reactive ketones (excluding diaryl/α,β-unsaturated/α-hetero) is 1. The molecule has 2 rings (SSSR count). The summed E-state index contributed by atoms with van der Waals surface area (Å²) in [5.41, 5.74) is 1.00. The number of halogens is 1. The van der Waals surface area contributed by atoms with Crippen LogP contribution < -0.4 is 9.47 Å². The van der Waals surface area contributed by atoms with Gasteiger partial charge < -0.3 is 14.2 Å². The zero-order chi connectivity index (χ0) is 20.6. The van der Waals surface area contributed by atoms with Crippen LogP contribution in [0.3, 0.4) is 0 Å². The van der Waals surface area contributed by atoms with E-state index in [2.05, 4.69) is 34.3 Å². The van der Waals surface area contributed by atoms with Gasteiger partial charge in [0.15, 0.2) is 12.4 Å². The highest BCUT2D eigenvalue weighted by molar-refractivity contribution is 14.1. The number of hydrogen-bond acceptors (Lipinski definition) is 5. The van der Waals surface area contributed by atoms with E-state index in [1.54, 1.807) is 12.1 Å². The van der Waals surface area contributed by atoms with Crippen LogP contribution in [0.15, 0.2) is 12.1 Å². The van der Waals surface area contributed by atoms with Gasteiger partial charge in [0, 0.05) is 5.56 Å². The topological polar surface area (TPSA) is 61.8 Å². The van der Waals surface area contributed by atoms with E-state index >= 15 is 0 Å². The minimum atomic E-state index is -0.488. The van der Waals surface area contributed by atoms with Crippen molar-refractivity contribution >= 4 is 34.3 Å². The van der Waals surface area contributed by atoms with Crippen molar-refractivity contribution in [1.29, 1.82) is 0 Å². The first-order valence-corrected chi connectivity index (χ1v) is 11.6. The number of hydrogen-bond donors (Lipinski definition) is 0. The molecule has 28 heavy (non-hydrogen) atoms. The second kappa shape index (κ2) is 11.0. The average molecular weight is 502 g/mol. The van der Waals surface area contributed by atoms with Gasteiger partial charge in [0.05, 0.1) is 19.1 Å². The number of alkyl halides is 1. The lowest BCUT2D eigenvalue weighted by Gasteiger charge is -2.36. The van der Waals surface area contributed by atoms with Gasteiger partial charge >= 0.3 is 5.97 Å². The Balaban J connectivity index is 2.21. The Kier molecular flexibility index (Phi) is 9.05. The number of ether oxygens (including phenoxy) is 3. The van der Waals surface area contributed by atoms with Crippen molar-refractivity contribution in [3.63, 3.8) is 0 Å². The lowest BCUT2D eigenvalue weighted by atomic mass is 9.86. The molecule has 1 atom stereocenters. The number of ketones is 1. The molecule has 0 saturated carbocycles. The largest absolute Gasteiger partial charge is 0.486 e. The van der Waals surface area contributed by atoms with Crippen LogP contribution in [-0.2, 0) is 16.0 Å². The quantitative estimate of drug-likeness (QED) is 0.178. The second-order valence-corrected chi connectivity index (χ2v) is 8.62. The number of rotatable bonds is 11. The van der Waals surface area contributed by atoms with Crippen molar-refractivity contribution in [2.24, 2.45) is 0 Å². The molecule has 1 heterocycles. The molecule has 0 fully saturated rings. The van der Waals surface area contributed by atoms with Crippen LogP contribution in [0.2, 0.25) is 0 Å². The number of fused-ring (bicyclic) bond motifs is 1. The van der Waals surface area contributed by atoms with Gasteiger partial charge in [0.1, 0.15) is 17.1 Å². The fourth-order valence-electron chi connectivity index (χ4n) is 3.57. The Hall–Kier alpha value is -1.31. The van der Waals surface area contributed by atoms with Gasteiger partial charge in [-0.25, -0.2) is 4.79 Å². The molecule has 6 heteroatoms. The molecule has 0 aromatic heterocycles. The molecule has 0 spiro atoms. The number of carbonyl (C=O) groups excluding carboxylic acids is 2. The predicted octanol–water partition coefficient (Wildman–Crippen LogP) is 5.30. The maximum Gasteiger partial charge on any atom is 0.343 e. The summed E-state index contributed by atoms with van der Waals surface area (Å²) >= 11 is 2.41. The summed E-state index contributed by atoms with van der Waals surface area (Å²) < 4.78 is 17.9. The molecule has 0 N–H and O–H groups in total. The predicted molar refractivity (Wildman–Crippen MR) is 118 cm³/mol. The highest BCUT2D eigenvalue weighted by atomic mass is 127. The SMILES string of the molecule is CCCc1c(OCC(=O)OC)ccc2c1OC(C)(CCCCCCI)CC2=O. The van der Waals surface area contributed by atoms with Crippen LogP contribution in [0.25, 0.3) is 0 Å². The maximum absolute atomic E-state index is 12.8. The average Bonchev–Trinajstić information content (AvgIpc) is 2.67. The maximum atomic E-state index is 12.8. The molecule has 1 aromatic carbocycles. The third-order valence-corrected chi connectivity index (χ3v) is 5.83. The van der Waals surface area contributed by atoms with Crippen LogP contribution in [0, 0.1) is 0 Å². The molecule has 0 radical (unpaired) electrons. The number of carbonyl (C=O) groups is 2. The van der Waals surface area contributed by atoms with Gasteiger partial charge in [0.2, 0.25) is 0 Å². The number of methoxy groups -OCH3 is 1. The third-order valence-electron chi connectivity index (χ3n) is 5.06. The molecule has 156 valence electrons. The summed E-state index contributed by atoms with van der Waals surface area (Å²) in [5, 5.41) is 0. The molecule has 0 saturated heterocycles. The van der Waals surface area contributed by atoms with Crippen molar-refractivity contribution in [1.82, 2.24) is 0 Å². The van der Waals surface area contributed by atoms with E-state index in [4.69, 9.17) is 9.47 Å². The minimum Gasteiger partial charge on any atom is -0.486 e. The Morgan fingerprint density at radius 2 is 2.00 bits per heavy atom. The summed E-state index contributed by atoms with van der Waals surface area (Å²) in [6.07, 6.45) is 7.54. The molecule has 1 unspecified atom stereocenters. The zero-order valence-corrected chi connectivity index (χ0v) is 19.3. The summed E-state index contributed by atoms with van der Waals surface area (Å²) in [6, 6.07) is 3.52. The van der Waals surface area contributed by atoms with Crippen molar-refractivity contribution in [3.8, 4) is 11.5 Å². The monoisotopic (exact) mass is 502 g/mol. The van der Waals surface area contributed by atoms with E-state index in [0.29, 0.717) is 23.5 Å². The molecule has 1 aliphatic heterocycles. The third kappa shape index (κ3) is 6.09. The van der Waals surface area contributed by atoms with Crippen LogP contribution in [0.5, 0.6) is 11.5 Å². The second-order valence-electron chi connectivity index (χ2n) is 7.54. The summed E-state index contributed by atoms with van der Waals surface area (Å²) in [6.45, 7) is 3.94. The molecule has 1 aliphatic rings. The van der Waals surface area contributed by atoms with E-state index in [9.17, 15) is 9.59 Å². The van der Waals surface area contributed by atoms with Crippen LogP contribution in [0.4, 0.5) is 0 Å². The fraction of sp³-hybridized carbons (Fsp3) is 0.636. The smallest absolute Gasteiger partial charge is 0.343 e. The van der Waals surface area contributed by atoms with Crippen molar-refractivity contribution in [3.05, 3.63) is 23.3 Å². The highest BCUT2D eigenvalue weighted by Crippen LogP contribution is 2.42. The van der Waals surface area contributed by atoms with E-state index < -0.39 is 11.6 Å². The first-order chi connectivity index (χ1) is 13.4. The molecule has 0 bridgehead atoms. The van der Waals surface area contributed by atoms with E-state index in [0.717, 1.165) is 37.7 Å². The first kappa shape index (κ1) is 23.0. The Labute approximate surface area is 181 Å². The first-order valence-electron chi connectivity index (χ1n) is 10.1. The Morgan fingerprint density at radius 3 is 2.68 bits per heavy atom. The standard InChI is InChI=1S/C22H31IO5/c1-4-9-17-19(27-15-20(25)26-3)11-10-16-18(24)14-22(2,28-21(16)17)12-7-5-6-8-13-23/h10-11H,4-9,12-15H2,1-3H3. The van der Waals surface area contributed by atoms with Crippen LogP contribution in [0.1, 0.15) is 74.7 Å². The number of unbranched alkanes of at least 4 members (excludes halogenated alkanes) is 3. The lowest BCUT2D eigenvalue weighted by Crippen LogP contribution is -2.39. The van der Waals surface area contributed by atoms with Crippen LogP contribution in [-0.4, -0.2) is 35.5 Å². The van der Waals surface area contributed by atoms with Gasteiger partial charge in [-0.3, -0.25) is 4.79 Å². The van der Waals surface area contributed by atoms with Gasteiger partial charge in [-0.05, 0) is 49.2 Å². The Morgan fingerprint density at radius 1 is 1.25 bits per heavy atom. The van der Waals surface area contributed by atoms with E-state index in [1.165, 1.54) is 24.4 Å².